The molecule has 7 nitrogen and oxygen atoms in total. The number of aromatic nitrogens is 3. The quantitative estimate of drug-likeness (QED) is 0.701. The largest absolute Gasteiger partial charge is 0.366 e. The molecule has 30 heavy (non-hydrogen) atoms. The van der Waals surface area contributed by atoms with E-state index >= 15 is 0 Å². The average molecular weight is 409 g/mol. The van der Waals surface area contributed by atoms with Gasteiger partial charge in [0.15, 0.2) is 0 Å². The number of nitrogens with zero attached hydrogens (tertiary/aromatic N) is 4. The van der Waals surface area contributed by atoms with Gasteiger partial charge in [0.2, 0.25) is 5.91 Å². The van der Waals surface area contributed by atoms with E-state index in [9.17, 15) is 14.0 Å². The van der Waals surface area contributed by atoms with Crippen LogP contribution in [-0.4, -0.2) is 44.6 Å². The van der Waals surface area contributed by atoms with Crippen LogP contribution in [0.3, 0.4) is 0 Å². The molecule has 1 aromatic carbocycles. The van der Waals surface area contributed by atoms with Crippen LogP contribution in [-0.2, 0) is 11.3 Å². The molecule has 4 rings (SSSR count). The summed E-state index contributed by atoms with van der Waals surface area (Å²) in [6.45, 7) is 3.60. The molecule has 8 heteroatoms. The van der Waals surface area contributed by atoms with Crippen molar-refractivity contribution in [3.05, 3.63) is 59.3 Å². The number of hydrogen-bond acceptors (Lipinski definition) is 4. The van der Waals surface area contributed by atoms with Crippen molar-refractivity contribution in [3.63, 3.8) is 0 Å². The number of halogens is 1. The molecule has 3 heterocycles. The van der Waals surface area contributed by atoms with Crippen LogP contribution in [0.2, 0.25) is 0 Å². The number of hydrogen-bond donors (Lipinski definition) is 1. The van der Waals surface area contributed by atoms with E-state index in [1.54, 1.807) is 16.8 Å². The normalized spacial score (nSPS) is 16.7. The summed E-state index contributed by atoms with van der Waals surface area (Å²) in [6.07, 6.45) is 3.85. The maximum Gasteiger partial charge on any atom is 0.250 e. The number of fused-ring (bicyclic) bond motifs is 1. The Kier molecular flexibility index (Phi) is 5.48. The third-order valence-electron chi connectivity index (χ3n) is 5.56. The summed E-state index contributed by atoms with van der Waals surface area (Å²) < 4.78 is 15.3. The lowest BCUT2D eigenvalue weighted by molar-refractivity contribution is -0.132. The van der Waals surface area contributed by atoms with Gasteiger partial charge in [0.25, 0.3) is 5.91 Å². The van der Waals surface area contributed by atoms with E-state index in [-0.39, 0.29) is 11.8 Å². The molecule has 0 bridgehead atoms. The van der Waals surface area contributed by atoms with Crippen molar-refractivity contribution >= 4 is 22.7 Å². The van der Waals surface area contributed by atoms with E-state index < -0.39 is 11.7 Å². The molecule has 1 saturated heterocycles. The van der Waals surface area contributed by atoms with Gasteiger partial charge in [-0.15, -0.1) is 0 Å². The van der Waals surface area contributed by atoms with E-state index in [1.807, 2.05) is 24.1 Å². The minimum absolute atomic E-state index is 0.0522. The number of amides is 2. The fourth-order valence-electron chi connectivity index (χ4n) is 4.05. The number of piperidine rings is 1. The zero-order chi connectivity index (χ0) is 21.3. The first-order valence-electron chi connectivity index (χ1n) is 10.1. The summed E-state index contributed by atoms with van der Waals surface area (Å²) in [4.78, 5) is 31.3. The van der Waals surface area contributed by atoms with Gasteiger partial charge in [0.05, 0.1) is 22.5 Å². The highest BCUT2D eigenvalue weighted by molar-refractivity contribution is 5.97. The number of rotatable bonds is 5. The highest BCUT2D eigenvalue weighted by atomic mass is 19.1. The summed E-state index contributed by atoms with van der Waals surface area (Å²) in [6, 6.07) is 7.79. The number of nitrogens with two attached hydrogens (primary N) is 1. The number of likely N-dealkylation sites (tertiary alicyclic amines) is 1. The number of aryl methyl sites for hydroxylation is 2. The molecular weight excluding hydrogens is 385 g/mol. The van der Waals surface area contributed by atoms with E-state index in [4.69, 9.17) is 5.73 Å². The molecule has 0 radical (unpaired) electrons. The molecule has 2 N–H and O–H groups in total. The molecule has 2 amide bonds. The van der Waals surface area contributed by atoms with Crippen molar-refractivity contribution in [1.29, 1.82) is 0 Å². The summed E-state index contributed by atoms with van der Waals surface area (Å²) in [7, 11) is 0. The Labute approximate surface area is 173 Å². The lowest BCUT2D eigenvalue weighted by Crippen LogP contribution is -2.40. The molecule has 2 aromatic heterocycles. The summed E-state index contributed by atoms with van der Waals surface area (Å²) in [5.41, 5.74) is 8.00. The molecule has 0 spiro atoms. The van der Waals surface area contributed by atoms with Crippen LogP contribution in [0.4, 0.5) is 4.39 Å². The van der Waals surface area contributed by atoms with Crippen LogP contribution in [0.15, 0.2) is 36.5 Å². The SMILES string of the molecule is Cc1ccn(CCC(=O)N2CCCC(c3nc4ccc(F)cc4cc3C(N)=O)C2)n1. The maximum absolute atomic E-state index is 13.6. The predicted molar refractivity (Wildman–Crippen MR) is 110 cm³/mol. The van der Waals surface area contributed by atoms with Gasteiger partial charge in [-0.1, -0.05) is 0 Å². The van der Waals surface area contributed by atoms with Crippen LogP contribution in [0.1, 0.15) is 46.9 Å². The van der Waals surface area contributed by atoms with Crippen LogP contribution in [0.25, 0.3) is 10.9 Å². The Hall–Kier alpha value is -3.29. The molecule has 1 aliphatic heterocycles. The Morgan fingerprint density at radius 1 is 1.27 bits per heavy atom. The molecule has 1 unspecified atom stereocenters. The van der Waals surface area contributed by atoms with Crippen LogP contribution in [0, 0.1) is 12.7 Å². The smallest absolute Gasteiger partial charge is 0.250 e. The van der Waals surface area contributed by atoms with Gasteiger partial charge in [0.1, 0.15) is 5.82 Å². The van der Waals surface area contributed by atoms with Gasteiger partial charge in [-0.2, -0.15) is 5.10 Å². The Bertz CT molecular complexity index is 1110. The Morgan fingerprint density at radius 2 is 2.10 bits per heavy atom. The summed E-state index contributed by atoms with van der Waals surface area (Å²) in [5.74, 6) is -1.03. The van der Waals surface area contributed by atoms with Gasteiger partial charge in [-0.3, -0.25) is 19.3 Å². The number of pyridine rings is 1. The lowest BCUT2D eigenvalue weighted by Gasteiger charge is -2.33. The van der Waals surface area contributed by atoms with Crippen molar-refractivity contribution in [2.45, 2.75) is 38.6 Å². The summed E-state index contributed by atoms with van der Waals surface area (Å²) >= 11 is 0. The minimum Gasteiger partial charge on any atom is -0.366 e. The van der Waals surface area contributed by atoms with Crippen molar-refractivity contribution in [1.82, 2.24) is 19.7 Å². The van der Waals surface area contributed by atoms with Crippen LogP contribution < -0.4 is 5.73 Å². The second kappa shape index (κ2) is 8.22. The molecule has 0 saturated carbocycles. The number of primary amides is 1. The molecule has 0 aliphatic carbocycles. The zero-order valence-electron chi connectivity index (χ0n) is 16.8. The first-order valence-corrected chi connectivity index (χ1v) is 10.1. The molecule has 1 atom stereocenters. The zero-order valence-corrected chi connectivity index (χ0v) is 16.8. The van der Waals surface area contributed by atoms with E-state index in [2.05, 4.69) is 10.1 Å². The second-order valence-corrected chi connectivity index (χ2v) is 7.77. The molecular formula is C22H24FN5O2. The van der Waals surface area contributed by atoms with Gasteiger partial charge >= 0.3 is 0 Å². The maximum atomic E-state index is 13.6. The molecule has 156 valence electrons. The molecule has 3 aromatic rings. The Morgan fingerprint density at radius 3 is 2.83 bits per heavy atom. The van der Waals surface area contributed by atoms with Gasteiger partial charge in [-0.25, -0.2) is 4.39 Å². The van der Waals surface area contributed by atoms with Crippen molar-refractivity contribution < 1.29 is 14.0 Å². The van der Waals surface area contributed by atoms with E-state index in [0.29, 0.717) is 48.2 Å². The van der Waals surface area contributed by atoms with Crippen molar-refractivity contribution in [2.75, 3.05) is 13.1 Å². The molecule has 1 fully saturated rings. The molecule has 1 aliphatic rings. The fourth-order valence-corrected chi connectivity index (χ4v) is 4.05. The van der Waals surface area contributed by atoms with Gasteiger partial charge in [0, 0.05) is 43.6 Å². The van der Waals surface area contributed by atoms with Crippen molar-refractivity contribution in [2.24, 2.45) is 5.73 Å². The third-order valence-corrected chi connectivity index (χ3v) is 5.56. The van der Waals surface area contributed by atoms with Crippen molar-refractivity contribution in [3.8, 4) is 0 Å². The van der Waals surface area contributed by atoms with E-state index in [1.165, 1.54) is 12.1 Å². The predicted octanol–water partition coefficient (Wildman–Crippen LogP) is 2.77. The number of carbonyl (C=O) groups excluding carboxylic acids is 2. The van der Waals surface area contributed by atoms with Crippen LogP contribution >= 0.6 is 0 Å². The monoisotopic (exact) mass is 409 g/mol. The highest BCUT2D eigenvalue weighted by Crippen LogP contribution is 2.30. The second-order valence-electron chi connectivity index (χ2n) is 7.77. The topological polar surface area (TPSA) is 94.1 Å². The first kappa shape index (κ1) is 20.0. The van der Waals surface area contributed by atoms with E-state index in [0.717, 1.165) is 18.5 Å². The number of carbonyl (C=O) groups is 2. The average Bonchev–Trinajstić information content (AvgIpc) is 3.16. The number of benzene rings is 1. The Balaban J connectivity index is 1.54. The fraction of sp³-hybridized carbons (Fsp3) is 0.364. The third kappa shape index (κ3) is 4.17. The van der Waals surface area contributed by atoms with Gasteiger partial charge in [-0.05, 0) is 50.1 Å². The first-order chi connectivity index (χ1) is 14.4. The lowest BCUT2D eigenvalue weighted by atomic mass is 9.90. The van der Waals surface area contributed by atoms with Gasteiger partial charge < -0.3 is 10.6 Å². The highest BCUT2D eigenvalue weighted by Gasteiger charge is 2.28. The minimum atomic E-state index is -0.596. The standard InChI is InChI=1S/C22H24FN5O2/c1-14-6-9-28(26-14)10-7-20(29)27-8-2-3-15(13-27)21-18(22(24)30)12-16-11-17(23)4-5-19(16)25-21/h4-6,9,11-12,15H,2-3,7-8,10,13H2,1H3,(H2,24,30). The van der Waals surface area contributed by atoms with Crippen LogP contribution in [0.5, 0.6) is 0 Å². The summed E-state index contributed by atoms with van der Waals surface area (Å²) in [5, 5.41) is 4.85.